The predicted molar refractivity (Wildman–Crippen MR) is 100 cm³/mol. The Hall–Kier alpha value is -3.13. The Labute approximate surface area is 156 Å². The Morgan fingerprint density at radius 1 is 1.07 bits per heavy atom. The molecule has 4 rings (SSSR count). The normalized spacial score (nSPS) is 11.4. The van der Waals surface area contributed by atoms with Crippen LogP contribution in [0.15, 0.2) is 30.6 Å². The molecule has 0 fully saturated rings. The van der Waals surface area contributed by atoms with Gasteiger partial charge < -0.3 is 19.1 Å². The topological polar surface area (TPSA) is 86.7 Å². The Morgan fingerprint density at radius 2 is 1.81 bits per heavy atom. The molecule has 3 heterocycles. The zero-order valence-corrected chi connectivity index (χ0v) is 15.5. The van der Waals surface area contributed by atoms with Gasteiger partial charge in [-0.1, -0.05) is 0 Å². The minimum absolute atomic E-state index is 0.0601. The highest BCUT2D eigenvalue weighted by Crippen LogP contribution is 2.26. The first-order valence-electron chi connectivity index (χ1n) is 8.69. The van der Waals surface area contributed by atoms with E-state index in [0.29, 0.717) is 12.4 Å². The lowest BCUT2D eigenvalue weighted by molar-refractivity contribution is 0.276. The summed E-state index contributed by atoms with van der Waals surface area (Å²) in [6.07, 6.45) is 1.65. The summed E-state index contributed by atoms with van der Waals surface area (Å²) in [5.74, 6) is 2.08. The van der Waals surface area contributed by atoms with Crippen LogP contribution in [-0.2, 0) is 13.2 Å². The molecule has 0 saturated heterocycles. The second-order valence-electron chi connectivity index (χ2n) is 6.29. The Balaban J connectivity index is 1.67. The zero-order valence-electron chi connectivity index (χ0n) is 15.5. The molecule has 0 unspecified atom stereocenters. The molecule has 0 spiro atoms. The number of rotatable bonds is 6. The van der Waals surface area contributed by atoms with E-state index in [1.165, 1.54) is 0 Å². The third-order valence-electron chi connectivity index (χ3n) is 4.74. The van der Waals surface area contributed by atoms with Crippen LogP contribution in [0.1, 0.15) is 17.1 Å². The first-order chi connectivity index (χ1) is 13.1. The van der Waals surface area contributed by atoms with E-state index in [-0.39, 0.29) is 13.2 Å². The van der Waals surface area contributed by atoms with Gasteiger partial charge in [-0.05, 0) is 43.7 Å². The summed E-state index contributed by atoms with van der Waals surface area (Å²) in [5, 5.41) is 14.8. The summed E-state index contributed by atoms with van der Waals surface area (Å²) in [6, 6.07) is 7.37. The predicted octanol–water partition coefficient (Wildman–Crippen LogP) is 2.28. The first-order valence-corrected chi connectivity index (χ1v) is 8.69. The molecule has 27 heavy (non-hydrogen) atoms. The van der Waals surface area contributed by atoms with Gasteiger partial charge in [0.25, 0.3) is 0 Å². The van der Waals surface area contributed by atoms with E-state index < -0.39 is 0 Å². The highest BCUT2D eigenvalue weighted by Gasteiger charge is 2.17. The molecule has 0 atom stereocenters. The van der Waals surface area contributed by atoms with Crippen LogP contribution >= 0.6 is 0 Å². The Morgan fingerprint density at radius 3 is 2.52 bits per heavy atom. The van der Waals surface area contributed by atoms with E-state index in [1.807, 2.05) is 42.7 Å². The molecule has 8 heteroatoms. The number of hydrogen-bond acceptors (Lipinski definition) is 6. The van der Waals surface area contributed by atoms with Crippen molar-refractivity contribution in [3.63, 3.8) is 0 Å². The largest absolute Gasteiger partial charge is 0.497 e. The van der Waals surface area contributed by atoms with E-state index >= 15 is 0 Å². The molecular formula is C19H21N5O3. The van der Waals surface area contributed by atoms with E-state index in [4.69, 9.17) is 9.47 Å². The average Bonchev–Trinajstić information content (AvgIpc) is 3.21. The maximum atomic E-state index is 9.34. The van der Waals surface area contributed by atoms with Crippen LogP contribution in [0.4, 0.5) is 0 Å². The van der Waals surface area contributed by atoms with Crippen LogP contribution in [0, 0.1) is 13.8 Å². The molecule has 3 aromatic heterocycles. The maximum absolute atomic E-state index is 9.34. The van der Waals surface area contributed by atoms with Gasteiger partial charge >= 0.3 is 0 Å². The number of fused-ring (bicyclic) bond motifs is 3. The molecule has 140 valence electrons. The fourth-order valence-electron chi connectivity index (χ4n) is 3.23. The summed E-state index contributed by atoms with van der Waals surface area (Å²) in [7, 11) is 1.63. The molecule has 8 nitrogen and oxygen atoms in total. The Bertz CT molecular complexity index is 1100. The quantitative estimate of drug-likeness (QED) is 0.563. The summed E-state index contributed by atoms with van der Waals surface area (Å²) < 4.78 is 14.6. The molecule has 0 saturated carbocycles. The highest BCUT2D eigenvalue weighted by atomic mass is 16.5. The van der Waals surface area contributed by atoms with Crippen molar-refractivity contribution in [3.05, 3.63) is 47.7 Å². The van der Waals surface area contributed by atoms with Crippen molar-refractivity contribution in [1.82, 2.24) is 24.1 Å². The van der Waals surface area contributed by atoms with E-state index in [2.05, 4.69) is 15.1 Å². The fourth-order valence-corrected chi connectivity index (χ4v) is 3.23. The smallest absolute Gasteiger partial charge is 0.189 e. The van der Waals surface area contributed by atoms with Gasteiger partial charge in [0.05, 0.1) is 19.1 Å². The van der Waals surface area contributed by atoms with Gasteiger partial charge in [0.2, 0.25) is 0 Å². The summed E-state index contributed by atoms with van der Waals surface area (Å²) in [5.41, 5.74) is 3.71. The van der Waals surface area contributed by atoms with E-state index in [0.717, 1.165) is 39.4 Å². The molecule has 4 aromatic rings. The van der Waals surface area contributed by atoms with Crippen molar-refractivity contribution < 1.29 is 14.6 Å². The molecular weight excluding hydrogens is 346 g/mol. The number of hydrogen-bond donors (Lipinski definition) is 1. The van der Waals surface area contributed by atoms with Crippen molar-refractivity contribution >= 4 is 16.7 Å². The lowest BCUT2D eigenvalue weighted by Gasteiger charge is -2.04. The molecule has 1 aromatic carbocycles. The van der Waals surface area contributed by atoms with Gasteiger partial charge in [-0.25, -0.2) is 14.5 Å². The molecule has 0 amide bonds. The average molecular weight is 367 g/mol. The Kier molecular flexibility index (Phi) is 4.41. The van der Waals surface area contributed by atoms with Crippen molar-refractivity contribution in [2.75, 3.05) is 13.7 Å². The van der Waals surface area contributed by atoms with Crippen LogP contribution in [0.3, 0.4) is 0 Å². The minimum atomic E-state index is 0.0601. The van der Waals surface area contributed by atoms with E-state index in [1.54, 1.807) is 18.0 Å². The molecule has 0 aliphatic carbocycles. The SMILES string of the molecule is COc1ccc(OCc2nc3c4c(C)c(C)n(CCO)c4ncn3n2)cc1. The lowest BCUT2D eigenvalue weighted by atomic mass is 10.2. The third kappa shape index (κ3) is 2.97. The van der Waals surface area contributed by atoms with Gasteiger partial charge in [-0.3, -0.25) is 0 Å². The van der Waals surface area contributed by atoms with Crippen LogP contribution < -0.4 is 9.47 Å². The van der Waals surface area contributed by atoms with Crippen molar-refractivity contribution in [2.24, 2.45) is 0 Å². The van der Waals surface area contributed by atoms with Crippen LogP contribution in [-0.4, -0.2) is 43.0 Å². The third-order valence-corrected chi connectivity index (χ3v) is 4.74. The number of aliphatic hydroxyl groups is 1. The van der Waals surface area contributed by atoms with Gasteiger partial charge in [0.1, 0.15) is 30.1 Å². The van der Waals surface area contributed by atoms with Crippen molar-refractivity contribution in [1.29, 1.82) is 0 Å². The van der Waals surface area contributed by atoms with Crippen molar-refractivity contribution in [3.8, 4) is 11.5 Å². The number of aryl methyl sites for hydroxylation is 1. The summed E-state index contributed by atoms with van der Waals surface area (Å²) in [4.78, 5) is 9.17. The molecule has 1 N–H and O–H groups in total. The summed E-state index contributed by atoms with van der Waals surface area (Å²) in [6.45, 7) is 4.87. The monoisotopic (exact) mass is 367 g/mol. The van der Waals surface area contributed by atoms with Gasteiger partial charge in [-0.15, -0.1) is 5.10 Å². The van der Waals surface area contributed by atoms with Gasteiger partial charge in [0.15, 0.2) is 11.5 Å². The zero-order chi connectivity index (χ0) is 19.0. The van der Waals surface area contributed by atoms with Crippen LogP contribution in [0.2, 0.25) is 0 Å². The maximum Gasteiger partial charge on any atom is 0.189 e. The molecule has 0 bridgehead atoms. The number of nitrogens with zero attached hydrogens (tertiary/aromatic N) is 5. The number of aliphatic hydroxyl groups excluding tert-OH is 1. The second-order valence-corrected chi connectivity index (χ2v) is 6.29. The number of aromatic nitrogens is 5. The van der Waals surface area contributed by atoms with Crippen LogP contribution in [0.25, 0.3) is 16.7 Å². The van der Waals surface area contributed by atoms with Gasteiger partial charge in [0, 0.05) is 12.2 Å². The van der Waals surface area contributed by atoms with Crippen molar-refractivity contribution in [2.45, 2.75) is 27.0 Å². The molecule has 0 aliphatic heterocycles. The minimum Gasteiger partial charge on any atom is -0.497 e. The number of methoxy groups -OCH3 is 1. The fraction of sp³-hybridized carbons (Fsp3) is 0.316. The lowest BCUT2D eigenvalue weighted by Crippen LogP contribution is -2.05. The summed E-state index contributed by atoms with van der Waals surface area (Å²) >= 11 is 0. The standard InChI is InChI=1S/C19H21N5O3/c1-12-13(2)23(8-9-25)18-17(12)19-21-16(22-24(19)11-20-18)10-27-15-6-4-14(26-3)5-7-15/h4-7,11,25H,8-10H2,1-3H3. The number of benzene rings is 1. The van der Waals surface area contributed by atoms with Crippen LogP contribution in [0.5, 0.6) is 11.5 Å². The van der Waals surface area contributed by atoms with E-state index in [9.17, 15) is 5.11 Å². The number of ether oxygens (including phenoxy) is 2. The van der Waals surface area contributed by atoms with Gasteiger partial charge in [-0.2, -0.15) is 0 Å². The second kappa shape index (κ2) is 6.88. The molecule has 0 radical (unpaired) electrons. The molecule has 0 aliphatic rings. The first kappa shape index (κ1) is 17.3. The highest BCUT2D eigenvalue weighted by molar-refractivity contribution is 5.93.